The number of amides is 3. The number of likely N-dealkylation sites (N-methyl/N-ethyl adjacent to an activating group) is 1. The number of methoxy groups -OCH3 is 1. The number of benzene rings is 3. The number of aromatic hydroxyl groups is 1. The highest BCUT2D eigenvalue weighted by atomic mass is 32.2. The van der Waals surface area contributed by atoms with Crippen LogP contribution in [-0.4, -0.2) is 143 Å². The number of aryl methyl sites for hydroxylation is 1. The Balaban J connectivity index is 0.989. The second kappa shape index (κ2) is 22.8. The zero-order valence-electron chi connectivity index (χ0n) is 44.7. The zero-order chi connectivity index (χ0) is 54.1. The van der Waals surface area contributed by atoms with Gasteiger partial charge in [0.05, 0.1) is 37.5 Å². The quantitative estimate of drug-likeness (QED) is 0.112. The molecule has 2 aromatic heterocycles. The number of phenolic OH excluding ortho intramolecular Hbond substituents is 1. The standard InChI is InChI=1S/C57H72N8O10S/c1-8-64-50-17-16-39-27-45(50)46(52(64)47-29-58-20-18-41(47)34-73-7)28-57(4,5)35-75-56(70)48-15-12-21-65(60-48)55(69)49(25-38-23-42(39)26-43(66)24-38)59-53(67)51(36(2)3)61(6)54(68)40-19-22-62(30-40)76(71,72)63-31-44(32-63)74-33-37-13-10-9-11-14-37/h9-11,13-14,16-18,20,23-24,26-27,29,36,40,44,48-49,51,60,66H,8,12,15,19,21-22,25,28,30-35H2,1-7H3,(H,59,67)/t40-,48-,49-,51-/m0/s1. The van der Waals surface area contributed by atoms with E-state index < -0.39 is 63.4 Å². The predicted molar refractivity (Wildman–Crippen MR) is 287 cm³/mol. The van der Waals surface area contributed by atoms with Gasteiger partial charge in [-0.3, -0.25) is 29.2 Å². The Morgan fingerprint density at radius 1 is 0.974 bits per heavy atom. The third kappa shape index (κ3) is 11.5. The average molecular weight is 1060 g/mol. The molecule has 0 aliphatic carbocycles. The number of carbonyl (C=O) groups is 4. The van der Waals surface area contributed by atoms with E-state index in [1.54, 1.807) is 32.5 Å². The molecule has 4 aliphatic rings. The fourth-order valence-electron chi connectivity index (χ4n) is 11.3. The Morgan fingerprint density at radius 3 is 2.49 bits per heavy atom. The summed E-state index contributed by atoms with van der Waals surface area (Å²) in [7, 11) is -0.652. The number of nitrogens with zero attached hydrogens (tertiary/aromatic N) is 6. The molecule has 0 saturated carbocycles. The first-order chi connectivity index (χ1) is 36.3. The van der Waals surface area contributed by atoms with Crippen molar-refractivity contribution in [3.05, 3.63) is 107 Å². The number of hydrogen-bond donors (Lipinski definition) is 3. The first-order valence-electron chi connectivity index (χ1n) is 26.5. The number of carbonyl (C=O) groups excluding carboxylic acids is 4. The van der Waals surface area contributed by atoms with Gasteiger partial charge in [0.25, 0.3) is 16.1 Å². The summed E-state index contributed by atoms with van der Waals surface area (Å²) >= 11 is 0. The van der Waals surface area contributed by atoms with Crippen LogP contribution in [0.25, 0.3) is 33.3 Å². The van der Waals surface area contributed by atoms with Crippen LogP contribution < -0.4 is 10.7 Å². The van der Waals surface area contributed by atoms with Gasteiger partial charge >= 0.3 is 5.97 Å². The van der Waals surface area contributed by atoms with E-state index in [0.717, 1.165) is 44.4 Å². The van der Waals surface area contributed by atoms with E-state index >= 15 is 0 Å². The van der Waals surface area contributed by atoms with Crippen LogP contribution in [-0.2, 0) is 76.2 Å². The number of pyridine rings is 1. The van der Waals surface area contributed by atoms with Crippen molar-refractivity contribution in [2.24, 2.45) is 17.3 Å². The highest BCUT2D eigenvalue weighted by molar-refractivity contribution is 7.86. The van der Waals surface area contributed by atoms with E-state index in [-0.39, 0.29) is 69.9 Å². The van der Waals surface area contributed by atoms with Crippen LogP contribution in [0.3, 0.4) is 0 Å². The topological polar surface area (TPSA) is 205 Å². The molecule has 3 aromatic carbocycles. The molecule has 19 heteroatoms. The van der Waals surface area contributed by atoms with Crippen molar-refractivity contribution in [3.63, 3.8) is 0 Å². The first kappa shape index (κ1) is 54.6. The van der Waals surface area contributed by atoms with Crippen LogP contribution in [0.5, 0.6) is 5.75 Å². The van der Waals surface area contributed by atoms with Crippen molar-refractivity contribution in [1.29, 1.82) is 0 Å². The van der Waals surface area contributed by atoms with Gasteiger partial charge in [-0.25, -0.2) is 5.43 Å². The lowest BCUT2D eigenvalue weighted by molar-refractivity contribution is -0.155. The maximum absolute atomic E-state index is 14.9. The molecule has 76 heavy (non-hydrogen) atoms. The number of cyclic esters (lactones) is 1. The molecule has 3 saturated heterocycles. The summed E-state index contributed by atoms with van der Waals surface area (Å²) in [5.74, 6) is -3.13. The number of fused-ring (bicyclic) bond motifs is 6. The summed E-state index contributed by atoms with van der Waals surface area (Å²) in [5, 5.41) is 16.8. The number of rotatable bonds is 14. The van der Waals surface area contributed by atoms with Gasteiger partial charge in [0.1, 0.15) is 23.9 Å². The Kier molecular flexibility index (Phi) is 16.4. The minimum Gasteiger partial charge on any atom is -0.508 e. The molecular formula is C57H72N8O10S. The van der Waals surface area contributed by atoms with E-state index in [9.17, 15) is 32.7 Å². The fourth-order valence-corrected chi connectivity index (χ4v) is 13.1. The monoisotopic (exact) mass is 1060 g/mol. The molecule has 3 amide bonds. The van der Waals surface area contributed by atoms with Gasteiger partial charge in [-0.15, -0.1) is 0 Å². The van der Waals surface area contributed by atoms with Crippen LogP contribution in [0.15, 0.2) is 85.2 Å². The predicted octanol–water partition coefficient (Wildman–Crippen LogP) is 5.84. The molecule has 0 spiro atoms. The Bertz CT molecular complexity index is 3070. The van der Waals surface area contributed by atoms with Gasteiger partial charge in [-0.05, 0) is 102 Å². The molecule has 4 atom stereocenters. The SMILES string of the molecule is CCn1c(-c2cnccc2COC)c2c3cc(ccc31)-c1cc(O)cc(c1)C[C@H](NC(=O)[C@H](C(C)C)N(C)C(=O)[C@H]1CCN(S(=O)(=O)N3CC(OCc4ccccc4)C3)C1)C(=O)N1CCC[C@H](N1)C(=O)OCC(C)(C)C2. The maximum atomic E-state index is 14.9. The summed E-state index contributed by atoms with van der Waals surface area (Å²) in [6.45, 7) is 12.2. The molecule has 5 aromatic rings. The van der Waals surface area contributed by atoms with Crippen LogP contribution in [0, 0.1) is 17.3 Å². The van der Waals surface area contributed by atoms with Gasteiger partial charge in [0, 0.05) is 94.1 Å². The van der Waals surface area contributed by atoms with Crippen molar-refractivity contribution >= 4 is 44.8 Å². The van der Waals surface area contributed by atoms with E-state index in [4.69, 9.17) is 14.2 Å². The van der Waals surface area contributed by atoms with Crippen LogP contribution in [0.1, 0.15) is 76.1 Å². The molecule has 18 nitrogen and oxygen atoms in total. The number of hydrogen-bond acceptors (Lipinski definition) is 12. The molecule has 3 fully saturated rings. The van der Waals surface area contributed by atoms with Gasteiger partial charge in [-0.1, -0.05) is 70.2 Å². The second-order valence-electron chi connectivity index (χ2n) is 21.9. The summed E-state index contributed by atoms with van der Waals surface area (Å²) < 4.78 is 50.1. The molecule has 406 valence electrons. The molecule has 0 unspecified atom stereocenters. The zero-order valence-corrected chi connectivity index (χ0v) is 45.5. The minimum atomic E-state index is -3.86. The van der Waals surface area contributed by atoms with Gasteiger partial charge in [0.2, 0.25) is 11.8 Å². The highest BCUT2D eigenvalue weighted by Gasteiger charge is 2.46. The Hall–Kier alpha value is -6.22. The fraction of sp³-hybridized carbons (Fsp3) is 0.491. The lowest BCUT2D eigenvalue weighted by Gasteiger charge is -2.39. The lowest BCUT2D eigenvalue weighted by Crippen LogP contribution is -2.62. The molecule has 0 radical (unpaired) electrons. The van der Waals surface area contributed by atoms with Crippen LogP contribution >= 0.6 is 0 Å². The second-order valence-corrected chi connectivity index (χ2v) is 23.8. The van der Waals surface area contributed by atoms with Crippen molar-refractivity contribution in [2.75, 3.05) is 53.5 Å². The number of aromatic nitrogens is 2. The van der Waals surface area contributed by atoms with Crippen LogP contribution in [0.2, 0.25) is 0 Å². The van der Waals surface area contributed by atoms with Gasteiger partial charge < -0.3 is 34.1 Å². The normalized spacial score (nSPS) is 21.3. The lowest BCUT2D eigenvalue weighted by atomic mass is 9.84. The third-order valence-corrected chi connectivity index (χ3v) is 17.2. The van der Waals surface area contributed by atoms with Gasteiger partial charge in [0.15, 0.2) is 0 Å². The number of phenols is 1. The molecule has 3 N–H and O–H groups in total. The number of ether oxygens (including phenoxy) is 3. The first-order valence-corrected chi connectivity index (χ1v) is 27.9. The molecule has 9 rings (SSSR count). The largest absolute Gasteiger partial charge is 0.508 e. The third-order valence-electron chi connectivity index (χ3n) is 15.3. The Morgan fingerprint density at radius 2 is 1.75 bits per heavy atom. The van der Waals surface area contributed by atoms with E-state index in [1.165, 1.54) is 18.5 Å². The summed E-state index contributed by atoms with van der Waals surface area (Å²) in [5.41, 5.74) is 10.6. The molecule has 6 bridgehead atoms. The number of nitrogens with one attached hydrogen (secondary N) is 2. The maximum Gasteiger partial charge on any atom is 0.324 e. The van der Waals surface area contributed by atoms with E-state index in [2.05, 4.69) is 53.2 Å². The number of esters is 1. The molecule has 6 heterocycles. The summed E-state index contributed by atoms with van der Waals surface area (Å²) in [6.07, 6.45) is 5.05. The van der Waals surface area contributed by atoms with Crippen molar-refractivity contribution in [3.8, 4) is 28.1 Å². The minimum absolute atomic E-state index is 0.0329. The van der Waals surface area contributed by atoms with Gasteiger partial charge in [-0.2, -0.15) is 17.0 Å². The van der Waals surface area contributed by atoms with Crippen molar-refractivity contribution in [2.45, 2.75) is 111 Å². The number of hydrazine groups is 1. The Labute approximate surface area is 445 Å². The average Bonchev–Trinajstić information content (AvgIpc) is 4.01. The van der Waals surface area contributed by atoms with E-state index in [0.29, 0.717) is 50.1 Å². The molecule has 4 aliphatic heterocycles. The van der Waals surface area contributed by atoms with Crippen LogP contribution in [0.4, 0.5) is 0 Å². The van der Waals surface area contributed by atoms with Crippen molar-refractivity contribution < 1.29 is 46.9 Å². The molecular weight excluding hydrogens is 989 g/mol. The van der Waals surface area contributed by atoms with Crippen molar-refractivity contribution in [1.82, 2.24) is 38.8 Å². The summed E-state index contributed by atoms with van der Waals surface area (Å²) in [6, 6.07) is 19.9. The smallest absolute Gasteiger partial charge is 0.324 e. The summed E-state index contributed by atoms with van der Waals surface area (Å²) in [4.78, 5) is 63.9. The highest BCUT2D eigenvalue weighted by Crippen LogP contribution is 2.42. The van der Waals surface area contributed by atoms with E-state index in [1.807, 2.05) is 68.6 Å².